The minimum atomic E-state index is -1.11. The van der Waals surface area contributed by atoms with Gasteiger partial charge in [0.05, 0.1) is 18.7 Å². The van der Waals surface area contributed by atoms with Gasteiger partial charge in [-0.3, -0.25) is 14.7 Å². The number of carbonyl (C=O) groups is 1. The summed E-state index contributed by atoms with van der Waals surface area (Å²) in [6, 6.07) is 55.0. The van der Waals surface area contributed by atoms with E-state index in [-0.39, 0.29) is 18.0 Å². The number of nitrogens with one attached hydrogen (secondary N) is 1. The molecule has 0 radical (unpaired) electrons. The van der Waals surface area contributed by atoms with Crippen molar-refractivity contribution in [2.45, 2.75) is 24.9 Å². The Balaban J connectivity index is 1.13. The molecule has 6 aromatic carbocycles. The largest absolute Gasteiger partial charge is 0.497 e. The van der Waals surface area contributed by atoms with Crippen molar-refractivity contribution >= 4 is 40.6 Å². The minimum Gasteiger partial charge on any atom is -0.497 e. The summed E-state index contributed by atoms with van der Waals surface area (Å²) in [5.41, 5.74) is 7.34. The fourth-order valence-corrected chi connectivity index (χ4v) is 11.4. The summed E-state index contributed by atoms with van der Waals surface area (Å²) in [4.78, 5) is 22.4. The van der Waals surface area contributed by atoms with Gasteiger partial charge < -0.3 is 10.1 Å². The Morgan fingerprint density at radius 2 is 1.40 bits per heavy atom. The first kappa shape index (κ1) is 36.7. The normalized spacial score (nSPS) is 19.3. The zero-order valence-electron chi connectivity index (χ0n) is 32.2. The number of carbonyl (C=O) groups excluding carboxylic acids is 1. The summed E-state index contributed by atoms with van der Waals surface area (Å²) >= 11 is 0. The summed E-state index contributed by atoms with van der Waals surface area (Å²) in [5.74, 6) is 1.70. The van der Waals surface area contributed by atoms with Crippen LogP contribution in [0.25, 0.3) is 33.2 Å². The molecule has 4 heterocycles. The number of methoxy groups -OCH3 is 1. The molecule has 3 aliphatic heterocycles. The smallest absolute Gasteiger partial charge is 0.252 e. The lowest BCUT2D eigenvalue weighted by atomic mass is 9.73. The number of amides is 1. The molecule has 1 aromatic heterocycles. The van der Waals surface area contributed by atoms with Crippen LogP contribution in [0.5, 0.6) is 5.75 Å². The van der Waals surface area contributed by atoms with E-state index in [0.29, 0.717) is 17.4 Å². The molecule has 10 rings (SSSR count). The summed E-state index contributed by atoms with van der Waals surface area (Å²) in [6.07, 6.45) is 6.14. The molecule has 5 atom stereocenters. The Hall–Kier alpha value is -5.87. The molecule has 1 N–H and O–H groups in total. The van der Waals surface area contributed by atoms with Crippen LogP contribution in [0.3, 0.4) is 0 Å². The number of aromatic nitrogens is 1. The van der Waals surface area contributed by atoms with Crippen molar-refractivity contribution in [2.24, 2.45) is 11.8 Å². The van der Waals surface area contributed by atoms with E-state index in [1.54, 1.807) is 7.11 Å². The minimum absolute atomic E-state index is 0.0688. The Kier molecular flexibility index (Phi) is 10.5. The third kappa shape index (κ3) is 7.42. The molecule has 7 aromatic rings. The van der Waals surface area contributed by atoms with Gasteiger partial charge in [0, 0.05) is 29.7 Å². The average Bonchev–Trinajstić information content (AvgIpc) is 3.29. The van der Waals surface area contributed by atoms with Gasteiger partial charge >= 0.3 is 0 Å². The lowest BCUT2D eigenvalue weighted by Crippen LogP contribution is -2.57. The van der Waals surface area contributed by atoms with Crippen molar-refractivity contribution in [2.75, 3.05) is 20.2 Å². The van der Waals surface area contributed by atoms with Crippen molar-refractivity contribution in [3.63, 3.8) is 0 Å². The zero-order chi connectivity index (χ0) is 38.7. The van der Waals surface area contributed by atoms with Crippen LogP contribution in [0.2, 0.25) is 0 Å². The zero-order valence-corrected chi connectivity index (χ0v) is 33.1. The Bertz CT molecular complexity index is 2420. The van der Waals surface area contributed by atoms with Crippen LogP contribution in [0, 0.1) is 11.8 Å². The topological polar surface area (TPSA) is 54.5 Å². The summed E-state index contributed by atoms with van der Waals surface area (Å²) in [7, 11) is 0.579. The molecule has 1 unspecified atom stereocenters. The highest BCUT2D eigenvalue weighted by molar-refractivity contribution is 7.80. The van der Waals surface area contributed by atoms with Crippen molar-refractivity contribution in [1.29, 1.82) is 0 Å². The highest BCUT2D eigenvalue weighted by atomic mass is 31.1. The van der Waals surface area contributed by atoms with E-state index in [4.69, 9.17) is 9.72 Å². The molecule has 2 bridgehead atoms. The first-order valence-corrected chi connectivity index (χ1v) is 21.2. The molecule has 3 saturated heterocycles. The predicted molar refractivity (Wildman–Crippen MR) is 236 cm³/mol. The van der Waals surface area contributed by atoms with E-state index < -0.39 is 7.92 Å². The second kappa shape index (κ2) is 16.3. The van der Waals surface area contributed by atoms with E-state index in [9.17, 15) is 0 Å². The molecular formula is C51H46N3O2P. The number of hydrogen-bond donors (Lipinski definition) is 1. The molecule has 3 fully saturated rings. The van der Waals surface area contributed by atoms with E-state index in [0.717, 1.165) is 53.5 Å². The first-order valence-electron chi connectivity index (χ1n) is 19.9. The van der Waals surface area contributed by atoms with Gasteiger partial charge in [0.2, 0.25) is 0 Å². The monoisotopic (exact) mass is 763 g/mol. The molecule has 282 valence electrons. The van der Waals surface area contributed by atoms with Crippen molar-refractivity contribution < 1.29 is 9.53 Å². The van der Waals surface area contributed by atoms with Gasteiger partial charge in [-0.2, -0.15) is 0 Å². The van der Waals surface area contributed by atoms with Crippen LogP contribution in [0.1, 0.15) is 34.8 Å². The highest BCUT2D eigenvalue weighted by Crippen LogP contribution is 2.43. The number of ether oxygens (including phenoxy) is 1. The number of fused-ring (bicyclic) bond motifs is 4. The third-order valence-electron chi connectivity index (χ3n) is 12.0. The van der Waals surface area contributed by atoms with Crippen molar-refractivity contribution in [1.82, 2.24) is 15.2 Å². The van der Waals surface area contributed by atoms with Gasteiger partial charge in [0.15, 0.2) is 0 Å². The third-order valence-corrected chi connectivity index (χ3v) is 14.5. The fourth-order valence-electron chi connectivity index (χ4n) is 9.02. The van der Waals surface area contributed by atoms with Crippen LogP contribution in [-0.4, -0.2) is 42.0 Å². The molecule has 0 aliphatic carbocycles. The average molecular weight is 764 g/mol. The highest BCUT2D eigenvalue weighted by Gasteiger charge is 2.43. The maximum atomic E-state index is 15.1. The van der Waals surface area contributed by atoms with E-state index in [2.05, 4.69) is 144 Å². The summed E-state index contributed by atoms with van der Waals surface area (Å²) in [5, 5.41) is 8.06. The summed E-state index contributed by atoms with van der Waals surface area (Å²) in [6.45, 7) is 6.15. The van der Waals surface area contributed by atoms with Gasteiger partial charge in [0.25, 0.3) is 5.91 Å². The molecular weight excluding hydrogens is 718 g/mol. The van der Waals surface area contributed by atoms with Gasteiger partial charge in [-0.1, -0.05) is 133 Å². The quantitative estimate of drug-likeness (QED) is 0.105. The van der Waals surface area contributed by atoms with E-state index in [1.807, 2.05) is 42.6 Å². The lowest BCUT2D eigenvalue weighted by Gasteiger charge is -2.51. The van der Waals surface area contributed by atoms with Gasteiger partial charge in [-0.05, 0) is 113 Å². The Morgan fingerprint density at radius 1 is 0.789 bits per heavy atom. The number of benzene rings is 6. The van der Waals surface area contributed by atoms with Gasteiger partial charge in [0.1, 0.15) is 5.75 Å². The van der Waals surface area contributed by atoms with Crippen LogP contribution < -0.4 is 26.0 Å². The van der Waals surface area contributed by atoms with Gasteiger partial charge in [-0.15, -0.1) is 6.58 Å². The lowest BCUT2D eigenvalue weighted by molar-refractivity contribution is 0.00171. The number of rotatable bonds is 11. The number of hydrogen-bond acceptors (Lipinski definition) is 4. The fraction of sp³-hybridized carbons (Fsp3) is 0.176. The molecule has 1 amide bonds. The molecule has 0 spiro atoms. The maximum Gasteiger partial charge on any atom is 0.252 e. The predicted octanol–water partition coefficient (Wildman–Crippen LogP) is 9.70. The maximum absolute atomic E-state index is 15.1. The second-order valence-corrected chi connectivity index (χ2v) is 17.3. The SMILES string of the molecule is C=C[C@H]1CN2CC[C@H]1C[C@H]2[C@@H](NC(=O)c1ccccc1P(c1ccc(-c2ccccc2)cc1)c1ccc(-c2ccccc2)cc1)c1ccnc2ccc(OC)cc12. The van der Waals surface area contributed by atoms with Crippen molar-refractivity contribution in [3.05, 3.63) is 188 Å². The first-order chi connectivity index (χ1) is 28.1. The van der Waals surface area contributed by atoms with Crippen LogP contribution >= 0.6 is 7.92 Å². The molecule has 5 nitrogen and oxygen atoms in total. The van der Waals surface area contributed by atoms with Crippen molar-refractivity contribution in [3.8, 4) is 28.0 Å². The number of piperidine rings is 3. The van der Waals surface area contributed by atoms with Crippen LogP contribution in [-0.2, 0) is 0 Å². The Morgan fingerprint density at radius 3 is 2.00 bits per heavy atom. The van der Waals surface area contributed by atoms with E-state index >= 15 is 4.79 Å². The van der Waals surface area contributed by atoms with Gasteiger partial charge in [-0.25, -0.2) is 0 Å². The van der Waals surface area contributed by atoms with Crippen LogP contribution in [0.4, 0.5) is 0 Å². The standard InChI is InChI=1S/C51H46N3O2P/c1-3-35-34-54-31-29-40(35)32-48(54)50(44-28-30-52-47-27-22-41(56-2)33-46(44)47)53-51(55)45-16-10-11-17-49(45)57(42-23-18-38(19-24-42)36-12-6-4-7-13-36)43-25-20-39(21-26-43)37-14-8-5-9-15-37/h3-28,30,33,35,40,48,50H,1,29,31-32,34H2,2H3,(H,53,55)/t35-,40-,48-,50-/m0/s1. The molecule has 3 aliphatic rings. The molecule has 6 heteroatoms. The molecule has 0 saturated carbocycles. The van der Waals surface area contributed by atoms with Crippen LogP contribution in [0.15, 0.2) is 177 Å². The second-order valence-electron chi connectivity index (χ2n) is 15.2. The van der Waals surface area contributed by atoms with E-state index in [1.165, 1.54) is 32.9 Å². The number of nitrogens with zero attached hydrogens (tertiary/aromatic N) is 2. The number of pyridine rings is 1. The summed E-state index contributed by atoms with van der Waals surface area (Å²) < 4.78 is 5.69. The molecule has 57 heavy (non-hydrogen) atoms. The Labute approximate surface area is 336 Å².